The Hall–Kier alpha value is -0.660. The van der Waals surface area contributed by atoms with Crippen LogP contribution in [-0.2, 0) is 9.59 Å². The van der Waals surface area contributed by atoms with Gasteiger partial charge < -0.3 is 0 Å². The van der Waals surface area contributed by atoms with E-state index in [9.17, 15) is 9.59 Å². The number of ketones is 2. The van der Waals surface area contributed by atoms with Crippen LogP contribution < -0.4 is 0 Å². The fourth-order valence-electron chi connectivity index (χ4n) is 8.86. The fourth-order valence-corrected chi connectivity index (χ4v) is 8.86. The zero-order valence-electron chi connectivity index (χ0n) is 19.6. The first-order valence-corrected chi connectivity index (χ1v) is 12.7. The van der Waals surface area contributed by atoms with Crippen LogP contribution in [0.3, 0.4) is 0 Å². The van der Waals surface area contributed by atoms with Crippen LogP contribution in [0.2, 0.25) is 0 Å². The molecule has 0 N–H and O–H groups in total. The third-order valence-electron chi connectivity index (χ3n) is 10.5. The van der Waals surface area contributed by atoms with Crippen molar-refractivity contribution in [1.82, 2.24) is 0 Å². The number of carbonyl (C=O) groups excluding carboxylic acids is 2. The van der Waals surface area contributed by atoms with E-state index in [0.29, 0.717) is 41.7 Å². The molecule has 0 spiro atoms. The second kappa shape index (κ2) is 7.79. The first-order chi connectivity index (χ1) is 13.7. The summed E-state index contributed by atoms with van der Waals surface area (Å²) in [7, 11) is 0. The number of hydrogen-bond donors (Lipinski definition) is 0. The van der Waals surface area contributed by atoms with E-state index in [1.807, 2.05) is 0 Å². The largest absolute Gasteiger partial charge is 0.300 e. The Bertz CT molecular complexity index is 651. The van der Waals surface area contributed by atoms with Gasteiger partial charge in [0.2, 0.25) is 0 Å². The van der Waals surface area contributed by atoms with Crippen molar-refractivity contribution in [1.29, 1.82) is 0 Å². The summed E-state index contributed by atoms with van der Waals surface area (Å²) < 4.78 is 0. The predicted octanol–water partition coefficient (Wildman–Crippen LogP) is 6.86. The molecule has 0 bridgehead atoms. The van der Waals surface area contributed by atoms with Gasteiger partial charge in [0.15, 0.2) is 0 Å². The molecule has 2 nitrogen and oxygen atoms in total. The molecule has 4 aliphatic carbocycles. The van der Waals surface area contributed by atoms with Gasteiger partial charge in [-0.1, -0.05) is 53.9 Å². The highest BCUT2D eigenvalue weighted by Gasteiger charge is 2.62. The number of Topliss-reactive ketones (excluding diaryl/α,β-unsaturated/α-hetero) is 2. The minimum Gasteiger partial charge on any atom is -0.300 e. The number of fused-ring (bicyclic) bond motifs is 5. The quantitative estimate of drug-likeness (QED) is 0.505. The van der Waals surface area contributed by atoms with Crippen molar-refractivity contribution in [2.75, 3.05) is 0 Å². The van der Waals surface area contributed by atoms with E-state index in [1.54, 1.807) is 0 Å². The maximum atomic E-state index is 13.2. The topological polar surface area (TPSA) is 34.1 Å². The molecule has 0 aliphatic heterocycles. The van der Waals surface area contributed by atoms with Gasteiger partial charge in [-0.2, -0.15) is 0 Å². The number of rotatable bonds is 5. The molecule has 4 rings (SSSR count). The Kier molecular flexibility index (Phi) is 5.79. The molecule has 4 saturated carbocycles. The van der Waals surface area contributed by atoms with Gasteiger partial charge in [-0.15, -0.1) is 0 Å². The van der Waals surface area contributed by atoms with Crippen molar-refractivity contribution in [3.63, 3.8) is 0 Å². The molecule has 0 amide bonds. The smallest absolute Gasteiger partial charge is 0.137 e. The summed E-state index contributed by atoms with van der Waals surface area (Å²) in [5.41, 5.74) is 0.530. The van der Waals surface area contributed by atoms with Gasteiger partial charge >= 0.3 is 0 Å². The normalized spacial score (nSPS) is 45.7. The van der Waals surface area contributed by atoms with Gasteiger partial charge in [0.25, 0.3) is 0 Å². The van der Waals surface area contributed by atoms with E-state index in [0.717, 1.165) is 36.5 Å². The van der Waals surface area contributed by atoms with Crippen molar-refractivity contribution in [3.8, 4) is 0 Å². The highest BCUT2D eigenvalue weighted by atomic mass is 16.1. The highest BCUT2D eigenvalue weighted by molar-refractivity contribution is 5.90. The van der Waals surface area contributed by atoms with E-state index in [4.69, 9.17) is 0 Å². The average Bonchev–Trinajstić information content (AvgIpc) is 3.00. The van der Waals surface area contributed by atoms with Crippen LogP contribution in [0.1, 0.15) is 105 Å². The second-order valence-electron chi connectivity index (χ2n) is 12.4. The molecular weight excluding hydrogens is 356 g/mol. The van der Waals surface area contributed by atoms with Gasteiger partial charge in [-0.05, 0) is 78.4 Å². The van der Waals surface area contributed by atoms with Gasteiger partial charge in [-0.25, -0.2) is 0 Å². The first kappa shape index (κ1) is 21.6. The molecule has 0 aromatic heterocycles. The Morgan fingerprint density at radius 3 is 2.34 bits per heavy atom. The highest BCUT2D eigenvalue weighted by Crippen LogP contribution is 2.67. The van der Waals surface area contributed by atoms with E-state index >= 15 is 0 Å². The van der Waals surface area contributed by atoms with Crippen molar-refractivity contribution >= 4 is 11.6 Å². The third kappa shape index (κ3) is 3.55. The molecule has 0 radical (unpaired) electrons. The molecular formula is C27H44O2. The lowest BCUT2D eigenvalue weighted by Crippen LogP contribution is -2.56. The Morgan fingerprint density at radius 2 is 1.62 bits per heavy atom. The standard InChI is InChI=1S/C27H44O2/c1-17(2)7-6-8-18(3)21-9-10-22-20-16-25(29)24-15-19(28)11-13-27(24,5)23(20)12-14-26(21,22)4/h17-18,20-24H,6-16H2,1-5H3/t18-,20+,21-,22-,23+,24+,26+,27+/m0/s1. The van der Waals surface area contributed by atoms with Gasteiger partial charge in [0, 0.05) is 25.2 Å². The van der Waals surface area contributed by atoms with E-state index in [1.165, 1.54) is 44.9 Å². The van der Waals surface area contributed by atoms with Crippen molar-refractivity contribution in [2.24, 2.45) is 52.3 Å². The lowest BCUT2D eigenvalue weighted by molar-refractivity contribution is -0.159. The summed E-state index contributed by atoms with van der Waals surface area (Å²) in [5, 5.41) is 0. The lowest BCUT2D eigenvalue weighted by atomic mass is 9.44. The Morgan fingerprint density at radius 1 is 0.897 bits per heavy atom. The van der Waals surface area contributed by atoms with E-state index < -0.39 is 0 Å². The van der Waals surface area contributed by atoms with Crippen LogP contribution in [0.4, 0.5) is 0 Å². The van der Waals surface area contributed by atoms with E-state index in [2.05, 4.69) is 34.6 Å². The van der Waals surface area contributed by atoms with E-state index in [-0.39, 0.29) is 11.3 Å². The maximum absolute atomic E-state index is 13.2. The zero-order valence-corrected chi connectivity index (χ0v) is 19.6. The molecule has 2 heteroatoms. The minimum atomic E-state index is 0.0292. The Balaban J connectivity index is 1.51. The minimum absolute atomic E-state index is 0.0292. The molecule has 0 saturated heterocycles. The predicted molar refractivity (Wildman–Crippen MR) is 118 cm³/mol. The molecule has 0 aromatic rings. The van der Waals surface area contributed by atoms with Crippen LogP contribution >= 0.6 is 0 Å². The summed E-state index contributed by atoms with van der Waals surface area (Å²) >= 11 is 0. The van der Waals surface area contributed by atoms with Crippen LogP contribution in [-0.4, -0.2) is 11.6 Å². The lowest BCUT2D eigenvalue weighted by Gasteiger charge is -2.59. The molecule has 4 aliphatic rings. The van der Waals surface area contributed by atoms with Crippen molar-refractivity contribution in [3.05, 3.63) is 0 Å². The Labute approximate surface area is 179 Å². The molecule has 0 unspecified atom stereocenters. The summed E-state index contributed by atoms with van der Waals surface area (Å²) in [6.07, 6.45) is 12.4. The number of hydrogen-bond acceptors (Lipinski definition) is 2. The van der Waals surface area contributed by atoms with Crippen molar-refractivity contribution < 1.29 is 9.59 Å². The average molecular weight is 401 g/mol. The molecule has 164 valence electrons. The SMILES string of the molecule is CC(C)CCC[C@H](C)[C@@H]1CC[C@H]2[C@H]3CC(=O)[C@H]4CC(=O)CC[C@]4(C)[C@@H]3CC[C@@]21C. The van der Waals surface area contributed by atoms with Crippen LogP contribution in [0.25, 0.3) is 0 Å². The first-order valence-electron chi connectivity index (χ1n) is 12.7. The summed E-state index contributed by atoms with van der Waals surface area (Å²) in [4.78, 5) is 25.3. The zero-order chi connectivity index (χ0) is 21.0. The summed E-state index contributed by atoms with van der Waals surface area (Å²) in [6, 6.07) is 0. The van der Waals surface area contributed by atoms with Crippen LogP contribution in [0.5, 0.6) is 0 Å². The number of carbonyl (C=O) groups is 2. The molecule has 0 heterocycles. The molecule has 4 fully saturated rings. The molecule has 8 atom stereocenters. The molecule has 0 aromatic carbocycles. The molecule has 29 heavy (non-hydrogen) atoms. The van der Waals surface area contributed by atoms with Gasteiger partial charge in [0.1, 0.15) is 11.6 Å². The second-order valence-corrected chi connectivity index (χ2v) is 12.4. The van der Waals surface area contributed by atoms with Gasteiger partial charge in [-0.3, -0.25) is 9.59 Å². The maximum Gasteiger partial charge on any atom is 0.137 e. The van der Waals surface area contributed by atoms with Crippen molar-refractivity contribution in [2.45, 2.75) is 105 Å². The summed E-state index contributed by atoms with van der Waals surface area (Å²) in [5.74, 6) is 5.25. The monoisotopic (exact) mass is 400 g/mol. The van der Waals surface area contributed by atoms with Crippen LogP contribution in [0, 0.1) is 52.3 Å². The fraction of sp³-hybridized carbons (Fsp3) is 0.926. The van der Waals surface area contributed by atoms with Crippen LogP contribution in [0.15, 0.2) is 0 Å². The van der Waals surface area contributed by atoms with Gasteiger partial charge in [0.05, 0.1) is 0 Å². The summed E-state index contributed by atoms with van der Waals surface area (Å²) in [6.45, 7) is 12.2. The third-order valence-corrected chi connectivity index (χ3v) is 10.5.